The number of fused-ring (bicyclic) bond motifs is 1. The molecule has 2 aromatic carbocycles. The number of carbonyl (C=O) groups excluding carboxylic acids is 2. The Morgan fingerprint density at radius 1 is 1.11 bits per heavy atom. The van der Waals surface area contributed by atoms with E-state index in [2.05, 4.69) is 16.6 Å². The number of para-hydroxylation sites is 3. The van der Waals surface area contributed by atoms with Gasteiger partial charge in [0.15, 0.2) is 5.58 Å². The van der Waals surface area contributed by atoms with Crippen LogP contribution in [0.15, 0.2) is 57.7 Å². The number of hydrogen-bond acceptors (Lipinski definition) is 4. The normalized spacial score (nSPS) is 10.4. The van der Waals surface area contributed by atoms with Crippen LogP contribution in [-0.4, -0.2) is 22.9 Å². The first-order valence-electron chi connectivity index (χ1n) is 8.79. The van der Waals surface area contributed by atoms with Gasteiger partial charge in [-0.3, -0.25) is 14.2 Å². The van der Waals surface area contributed by atoms with E-state index >= 15 is 0 Å². The van der Waals surface area contributed by atoms with Crippen LogP contribution in [0.3, 0.4) is 0 Å². The minimum absolute atomic E-state index is 0.106. The van der Waals surface area contributed by atoms with Crippen molar-refractivity contribution in [1.29, 1.82) is 0 Å². The maximum atomic E-state index is 12.3. The second-order valence-corrected chi connectivity index (χ2v) is 6.07. The third-order valence-electron chi connectivity index (χ3n) is 4.16. The molecular weight excluding hydrogens is 358 g/mol. The van der Waals surface area contributed by atoms with Gasteiger partial charge in [-0.05, 0) is 30.7 Å². The van der Waals surface area contributed by atoms with Crippen LogP contribution in [0.2, 0.25) is 0 Å². The fourth-order valence-electron chi connectivity index (χ4n) is 2.85. The molecule has 0 fully saturated rings. The fraction of sp³-hybridized carbons (Fsp3) is 0.190. The van der Waals surface area contributed by atoms with E-state index in [0.717, 1.165) is 0 Å². The van der Waals surface area contributed by atoms with Crippen molar-refractivity contribution in [3.63, 3.8) is 0 Å². The molecule has 3 rings (SSSR count). The highest BCUT2D eigenvalue weighted by molar-refractivity contribution is 6.03. The molecule has 7 heteroatoms. The maximum Gasteiger partial charge on any atom is 0.419 e. The number of hydrogen-bond donors (Lipinski definition) is 2. The predicted octanol–water partition coefficient (Wildman–Crippen LogP) is 2.38. The lowest BCUT2D eigenvalue weighted by atomic mass is 10.1. The predicted molar refractivity (Wildman–Crippen MR) is 106 cm³/mol. The molecule has 0 bridgehead atoms. The zero-order valence-electron chi connectivity index (χ0n) is 15.1. The number of rotatable bonds is 7. The van der Waals surface area contributed by atoms with Crippen molar-refractivity contribution < 1.29 is 14.0 Å². The van der Waals surface area contributed by atoms with E-state index < -0.39 is 5.76 Å². The van der Waals surface area contributed by atoms with Crippen LogP contribution in [-0.2, 0) is 11.3 Å². The molecule has 142 valence electrons. The maximum absolute atomic E-state index is 12.3. The van der Waals surface area contributed by atoms with Gasteiger partial charge in [-0.2, -0.15) is 0 Å². The van der Waals surface area contributed by atoms with Crippen molar-refractivity contribution in [2.24, 2.45) is 0 Å². The van der Waals surface area contributed by atoms with Crippen LogP contribution in [0.1, 0.15) is 23.2 Å². The van der Waals surface area contributed by atoms with Crippen LogP contribution in [0.25, 0.3) is 11.1 Å². The number of aromatic nitrogens is 1. The molecule has 0 aliphatic carbocycles. The number of carbonyl (C=O) groups is 2. The third kappa shape index (κ3) is 4.30. The van der Waals surface area contributed by atoms with Crippen LogP contribution >= 0.6 is 0 Å². The van der Waals surface area contributed by atoms with Crippen LogP contribution in [0.4, 0.5) is 5.69 Å². The Morgan fingerprint density at radius 3 is 2.68 bits per heavy atom. The zero-order valence-corrected chi connectivity index (χ0v) is 15.1. The molecule has 0 saturated heterocycles. The molecule has 1 aromatic heterocycles. The summed E-state index contributed by atoms with van der Waals surface area (Å²) in [6.07, 6.45) is 5.78. The Labute approximate surface area is 161 Å². The molecule has 0 atom stereocenters. The first kappa shape index (κ1) is 19.0. The Kier molecular flexibility index (Phi) is 5.92. The summed E-state index contributed by atoms with van der Waals surface area (Å²) in [5.74, 6) is 1.28. The number of anilines is 1. The van der Waals surface area contributed by atoms with Gasteiger partial charge in [0.25, 0.3) is 5.91 Å². The van der Waals surface area contributed by atoms with Gasteiger partial charge in [-0.1, -0.05) is 30.2 Å². The Morgan fingerprint density at radius 2 is 1.86 bits per heavy atom. The average molecular weight is 377 g/mol. The molecule has 28 heavy (non-hydrogen) atoms. The topological polar surface area (TPSA) is 93.3 Å². The average Bonchev–Trinajstić information content (AvgIpc) is 3.02. The van der Waals surface area contributed by atoms with Gasteiger partial charge in [0.05, 0.1) is 23.3 Å². The van der Waals surface area contributed by atoms with Crippen molar-refractivity contribution in [1.82, 2.24) is 9.88 Å². The van der Waals surface area contributed by atoms with E-state index in [1.165, 1.54) is 4.57 Å². The molecule has 0 aliphatic heterocycles. The third-order valence-corrected chi connectivity index (χ3v) is 4.16. The van der Waals surface area contributed by atoms with Crippen LogP contribution in [0, 0.1) is 12.3 Å². The van der Waals surface area contributed by atoms with Crippen LogP contribution < -0.4 is 16.4 Å². The second kappa shape index (κ2) is 8.73. The lowest BCUT2D eigenvalue weighted by Crippen LogP contribution is -2.25. The van der Waals surface area contributed by atoms with Gasteiger partial charge in [-0.15, -0.1) is 6.42 Å². The van der Waals surface area contributed by atoms with Gasteiger partial charge >= 0.3 is 5.76 Å². The van der Waals surface area contributed by atoms with Gasteiger partial charge in [0.2, 0.25) is 5.91 Å². The summed E-state index contributed by atoms with van der Waals surface area (Å²) >= 11 is 0. The van der Waals surface area contributed by atoms with Gasteiger partial charge in [-0.25, -0.2) is 4.79 Å². The number of nitrogens with one attached hydrogen (secondary N) is 2. The molecule has 2 N–H and O–H groups in total. The molecule has 0 unspecified atom stereocenters. The SMILES string of the molecule is C#CCNC(=O)c1ccccc1NC(=O)CCCn1c(=O)oc2ccccc21. The summed E-state index contributed by atoms with van der Waals surface area (Å²) in [5, 5.41) is 5.31. The standard InChI is InChI=1S/C21H19N3O4/c1-2-13-22-20(26)15-8-3-4-9-16(15)23-19(25)12-7-14-24-17-10-5-6-11-18(17)28-21(24)27/h1,3-6,8-11H,7,12-14H2,(H,22,26)(H,23,25). The molecular formula is C21H19N3O4. The van der Waals surface area contributed by atoms with E-state index in [9.17, 15) is 14.4 Å². The minimum Gasteiger partial charge on any atom is -0.408 e. The summed E-state index contributed by atoms with van der Waals surface area (Å²) in [7, 11) is 0. The molecule has 3 aromatic rings. The quantitative estimate of drug-likeness (QED) is 0.618. The number of nitrogens with zero attached hydrogens (tertiary/aromatic N) is 1. The lowest BCUT2D eigenvalue weighted by Gasteiger charge is -2.10. The number of oxazole rings is 1. The van der Waals surface area contributed by atoms with Crippen molar-refractivity contribution in [3.05, 3.63) is 64.6 Å². The Hall–Kier alpha value is -3.79. The first-order chi connectivity index (χ1) is 13.6. The summed E-state index contributed by atoms with van der Waals surface area (Å²) in [6.45, 7) is 0.460. The second-order valence-electron chi connectivity index (χ2n) is 6.07. The highest BCUT2D eigenvalue weighted by Gasteiger charge is 2.13. The van der Waals surface area contributed by atoms with Gasteiger partial charge in [0.1, 0.15) is 0 Å². The smallest absolute Gasteiger partial charge is 0.408 e. The van der Waals surface area contributed by atoms with Crippen LogP contribution in [0.5, 0.6) is 0 Å². The Balaban J connectivity index is 1.61. The minimum atomic E-state index is -0.447. The summed E-state index contributed by atoms with van der Waals surface area (Å²) in [6, 6.07) is 13.8. The van der Waals surface area contributed by atoms with E-state index in [0.29, 0.717) is 35.3 Å². The Bertz CT molecular complexity index is 1100. The molecule has 7 nitrogen and oxygen atoms in total. The summed E-state index contributed by atoms with van der Waals surface area (Å²) in [4.78, 5) is 36.4. The van der Waals surface area contributed by atoms with Crippen molar-refractivity contribution in [2.45, 2.75) is 19.4 Å². The molecule has 0 saturated carbocycles. The molecule has 1 heterocycles. The number of aryl methyl sites for hydroxylation is 1. The van der Waals surface area contributed by atoms with Gasteiger partial charge < -0.3 is 15.1 Å². The van der Waals surface area contributed by atoms with Crippen molar-refractivity contribution in [2.75, 3.05) is 11.9 Å². The zero-order chi connectivity index (χ0) is 19.9. The van der Waals surface area contributed by atoms with Crippen molar-refractivity contribution >= 4 is 28.6 Å². The summed E-state index contributed by atoms with van der Waals surface area (Å²) < 4.78 is 6.68. The largest absolute Gasteiger partial charge is 0.419 e. The van der Waals surface area contributed by atoms with E-state index in [1.807, 2.05) is 6.07 Å². The molecule has 0 aliphatic rings. The van der Waals surface area contributed by atoms with Crippen molar-refractivity contribution in [3.8, 4) is 12.3 Å². The van der Waals surface area contributed by atoms with E-state index in [1.54, 1.807) is 42.5 Å². The van der Waals surface area contributed by atoms with E-state index in [-0.39, 0.29) is 24.8 Å². The summed E-state index contributed by atoms with van der Waals surface area (Å²) in [5.41, 5.74) is 1.96. The highest BCUT2D eigenvalue weighted by atomic mass is 16.4. The number of benzene rings is 2. The monoisotopic (exact) mass is 377 g/mol. The molecule has 0 spiro atoms. The highest BCUT2D eigenvalue weighted by Crippen LogP contribution is 2.16. The lowest BCUT2D eigenvalue weighted by molar-refractivity contribution is -0.116. The fourth-order valence-corrected chi connectivity index (χ4v) is 2.85. The van der Waals surface area contributed by atoms with Gasteiger partial charge in [0, 0.05) is 13.0 Å². The van der Waals surface area contributed by atoms with E-state index in [4.69, 9.17) is 10.8 Å². The number of amides is 2. The first-order valence-corrected chi connectivity index (χ1v) is 8.79. The molecule has 2 amide bonds. The number of terminal acetylenes is 1. The molecule has 0 radical (unpaired) electrons.